The molecule has 0 aromatic rings. The molecule has 1 unspecified atom stereocenters. The molecule has 0 bridgehead atoms. The van der Waals surface area contributed by atoms with E-state index < -0.39 is 0 Å². The molecule has 82 valence electrons. The fourth-order valence-electron chi connectivity index (χ4n) is 2.40. The van der Waals surface area contributed by atoms with Crippen LogP contribution in [-0.4, -0.2) is 23.8 Å². The van der Waals surface area contributed by atoms with Gasteiger partial charge in [-0.15, -0.1) is 0 Å². The molecule has 0 amide bonds. The van der Waals surface area contributed by atoms with Crippen LogP contribution in [-0.2, 0) is 0 Å². The maximum atomic E-state index is 8.95. The summed E-state index contributed by atoms with van der Waals surface area (Å²) in [7, 11) is 0. The third-order valence-electron chi connectivity index (χ3n) is 3.66. The van der Waals surface area contributed by atoms with Gasteiger partial charge in [0.05, 0.1) is 0 Å². The molecule has 2 rings (SSSR count). The second-order valence-electron chi connectivity index (χ2n) is 4.98. The molecule has 0 radical (unpaired) electrons. The second kappa shape index (κ2) is 4.63. The Morgan fingerprint density at radius 3 is 2.14 bits per heavy atom. The number of nitrogens with one attached hydrogen (secondary N) is 1. The molecule has 2 fully saturated rings. The van der Waals surface area contributed by atoms with E-state index in [4.69, 9.17) is 5.11 Å². The van der Waals surface area contributed by atoms with E-state index in [9.17, 15) is 0 Å². The second-order valence-corrected chi connectivity index (χ2v) is 4.98. The highest BCUT2D eigenvalue weighted by atomic mass is 16.3. The molecule has 2 saturated carbocycles. The van der Waals surface area contributed by atoms with Crippen molar-refractivity contribution < 1.29 is 5.11 Å². The molecule has 14 heavy (non-hydrogen) atoms. The van der Waals surface area contributed by atoms with Crippen molar-refractivity contribution in [2.24, 2.45) is 11.8 Å². The molecule has 0 aliphatic heterocycles. The van der Waals surface area contributed by atoms with Crippen LogP contribution in [0.4, 0.5) is 0 Å². The lowest BCUT2D eigenvalue weighted by Gasteiger charge is -2.24. The predicted molar refractivity (Wildman–Crippen MR) is 58.2 cm³/mol. The van der Waals surface area contributed by atoms with Gasteiger partial charge in [0.2, 0.25) is 0 Å². The van der Waals surface area contributed by atoms with Gasteiger partial charge in [0.25, 0.3) is 0 Å². The van der Waals surface area contributed by atoms with Gasteiger partial charge in [0, 0.05) is 18.7 Å². The summed E-state index contributed by atoms with van der Waals surface area (Å²) in [6.45, 7) is 2.54. The standard InChI is InChI=1S/C12H23NO/c1-2-11(7-8-14)13-12(9-3-4-9)10-5-6-10/h9-14H,2-8H2,1H3. The van der Waals surface area contributed by atoms with E-state index in [2.05, 4.69) is 12.2 Å². The Morgan fingerprint density at radius 2 is 1.79 bits per heavy atom. The molecule has 0 heterocycles. The summed E-state index contributed by atoms with van der Waals surface area (Å²) in [4.78, 5) is 0. The van der Waals surface area contributed by atoms with Gasteiger partial charge < -0.3 is 10.4 Å². The van der Waals surface area contributed by atoms with E-state index in [1.807, 2.05) is 0 Å². The number of aliphatic hydroxyl groups excluding tert-OH is 1. The third-order valence-corrected chi connectivity index (χ3v) is 3.66. The van der Waals surface area contributed by atoms with Gasteiger partial charge in [0.15, 0.2) is 0 Å². The minimum Gasteiger partial charge on any atom is -0.396 e. The van der Waals surface area contributed by atoms with Crippen molar-refractivity contribution in [1.82, 2.24) is 5.32 Å². The Morgan fingerprint density at radius 1 is 1.21 bits per heavy atom. The summed E-state index contributed by atoms with van der Waals surface area (Å²) >= 11 is 0. The van der Waals surface area contributed by atoms with Crippen LogP contribution in [0, 0.1) is 11.8 Å². The van der Waals surface area contributed by atoms with Gasteiger partial charge in [-0.3, -0.25) is 0 Å². The maximum Gasteiger partial charge on any atom is 0.0445 e. The summed E-state index contributed by atoms with van der Waals surface area (Å²) in [5, 5.41) is 12.7. The third kappa shape index (κ3) is 2.71. The molecule has 2 heteroatoms. The summed E-state index contributed by atoms with van der Waals surface area (Å²) in [6.07, 6.45) is 7.81. The fourth-order valence-corrected chi connectivity index (χ4v) is 2.40. The Bertz CT molecular complexity index is 163. The Labute approximate surface area is 87.1 Å². The van der Waals surface area contributed by atoms with Gasteiger partial charge in [-0.05, 0) is 50.4 Å². The fraction of sp³-hybridized carbons (Fsp3) is 1.00. The van der Waals surface area contributed by atoms with Crippen LogP contribution >= 0.6 is 0 Å². The van der Waals surface area contributed by atoms with E-state index in [0.717, 1.165) is 30.7 Å². The molecule has 1 atom stereocenters. The van der Waals surface area contributed by atoms with Crippen molar-refractivity contribution in [2.75, 3.05) is 6.61 Å². The smallest absolute Gasteiger partial charge is 0.0445 e. The summed E-state index contributed by atoms with van der Waals surface area (Å²) < 4.78 is 0. The maximum absolute atomic E-state index is 8.95. The quantitative estimate of drug-likeness (QED) is 0.653. The molecule has 2 nitrogen and oxygen atoms in total. The van der Waals surface area contributed by atoms with Crippen molar-refractivity contribution in [2.45, 2.75) is 57.5 Å². The Balaban J connectivity index is 1.78. The Kier molecular flexibility index (Phi) is 3.45. The predicted octanol–water partition coefficient (Wildman–Crippen LogP) is 1.93. The van der Waals surface area contributed by atoms with Crippen LogP contribution in [0.25, 0.3) is 0 Å². The number of aliphatic hydroxyl groups is 1. The average Bonchev–Trinajstić information content (AvgIpc) is 3.05. The number of hydrogen-bond donors (Lipinski definition) is 2. The van der Waals surface area contributed by atoms with Crippen molar-refractivity contribution in [3.63, 3.8) is 0 Å². The lowest BCUT2D eigenvalue weighted by atomic mass is 10.0. The topological polar surface area (TPSA) is 32.3 Å². The normalized spacial score (nSPS) is 24.2. The molecule has 0 aromatic carbocycles. The zero-order valence-electron chi connectivity index (χ0n) is 9.21. The minimum atomic E-state index is 0.327. The van der Waals surface area contributed by atoms with Crippen LogP contribution in [0.2, 0.25) is 0 Å². The van der Waals surface area contributed by atoms with Crippen LogP contribution in [0.3, 0.4) is 0 Å². The first-order chi connectivity index (χ1) is 6.85. The van der Waals surface area contributed by atoms with E-state index >= 15 is 0 Å². The van der Waals surface area contributed by atoms with Crippen LogP contribution in [0.1, 0.15) is 45.4 Å². The van der Waals surface area contributed by atoms with Gasteiger partial charge in [-0.1, -0.05) is 6.92 Å². The first-order valence-corrected chi connectivity index (χ1v) is 6.22. The van der Waals surface area contributed by atoms with Crippen LogP contribution < -0.4 is 5.32 Å². The highest BCUT2D eigenvalue weighted by Crippen LogP contribution is 2.44. The average molecular weight is 197 g/mol. The first-order valence-electron chi connectivity index (χ1n) is 6.22. The van der Waals surface area contributed by atoms with Crippen molar-refractivity contribution in [1.29, 1.82) is 0 Å². The van der Waals surface area contributed by atoms with Crippen LogP contribution in [0.5, 0.6) is 0 Å². The molecule has 0 saturated heterocycles. The van der Waals surface area contributed by atoms with E-state index in [-0.39, 0.29) is 0 Å². The first kappa shape index (κ1) is 10.4. The van der Waals surface area contributed by atoms with Gasteiger partial charge in [-0.25, -0.2) is 0 Å². The summed E-state index contributed by atoms with van der Waals surface area (Å²) in [6, 6.07) is 1.33. The SMILES string of the molecule is CCC(CCO)NC(C1CC1)C1CC1. The van der Waals surface area contributed by atoms with Crippen LogP contribution in [0.15, 0.2) is 0 Å². The molecular formula is C12H23NO. The van der Waals surface area contributed by atoms with Crippen molar-refractivity contribution >= 4 is 0 Å². The molecule has 0 spiro atoms. The van der Waals surface area contributed by atoms with Gasteiger partial charge in [0.1, 0.15) is 0 Å². The lowest BCUT2D eigenvalue weighted by Crippen LogP contribution is -2.41. The van der Waals surface area contributed by atoms with E-state index in [1.54, 1.807) is 0 Å². The molecule has 0 aromatic heterocycles. The molecule has 2 aliphatic rings. The van der Waals surface area contributed by atoms with Crippen molar-refractivity contribution in [3.8, 4) is 0 Å². The van der Waals surface area contributed by atoms with Gasteiger partial charge in [-0.2, -0.15) is 0 Å². The summed E-state index contributed by atoms with van der Waals surface area (Å²) in [5.41, 5.74) is 0. The summed E-state index contributed by atoms with van der Waals surface area (Å²) in [5.74, 6) is 1.94. The number of rotatable bonds is 7. The molecule has 2 N–H and O–H groups in total. The lowest BCUT2D eigenvalue weighted by molar-refractivity contribution is 0.246. The minimum absolute atomic E-state index is 0.327. The van der Waals surface area contributed by atoms with Gasteiger partial charge >= 0.3 is 0 Å². The largest absolute Gasteiger partial charge is 0.396 e. The molecular weight excluding hydrogens is 174 g/mol. The monoisotopic (exact) mass is 197 g/mol. The Hall–Kier alpha value is -0.0800. The molecule has 2 aliphatic carbocycles. The highest BCUT2D eigenvalue weighted by Gasteiger charge is 2.41. The number of hydrogen-bond acceptors (Lipinski definition) is 2. The van der Waals surface area contributed by atoms with E-state index in [0.29, 0.717) is 12.6 Å². The zero-order chi connectivity index (χ0) is 9.97. The van der Waals surface area contributed by atoms with Crippen molar-refractivity contribution in [3.05, 3.63) is 0 Å². The highest BCUT2D eigenvalue weighted by molar-refractivity contribution is 4.97. The van der Waals surface area contributed by atoms with E-state index in [1.165, 1.54) is 25.7 Å². The zero-order valence-corrected chi connectivity index (χ0v) is 9.21.